The summed E-state index contributed by atoms with van der Waals surface area (Å²) in [5, 5.41) is 0. The highest BCUT2D eigenvalue weighted by molar-refractivity contribution is 5.36. The number of hydrogen-bond donors (Lipinski definition) is 0. The Hall–Kier alpha value is -0.570. The third kappa shape index (κ3) is 3.98. The first-order chi connectivity index (χ1) is 5.18. The predicted octanol–water partition coefficient (Wildman–Crippen LogP) is 0.646. The van der Waals surface area contributed by atoms with Gasteiger partial charge in [0.1, 0.15) is 13.2 Å². The van der Waals surface area contributed by atoms with E-state index in [0.717, 1.165) is 24.1 Å². The van der Waals surface area contributed by atoms with Crippen molar-refractivity contribution in [3.63, 3.8) is 0 Å². The van der Waals surface area contributed by atoms with Crippen molar-refractivity contribution in [1.82, 2.24) is 0 Å². The molecule has 0 amide bonds. The predicted molar refractivity (Wildman–Crippen MR) is 44.1 cm³/mol. The Balaban J connectivity index is 3.59. The Morgan fingerprint density at radius 1 is 1.36 bits per heavy atom. The lowest BCUT2D eigenvalue weighted by molar-refractivity contribution is -0.906. The van der Waals surface area contributed by atoms with Crippen LogP contribution in [-0.4, -0.2) is 44.2 Å². The molecule has 0 spiro atoms. The van der Waals surface area contributed by atoms with Gasteiger partial charge in [0, 0.05) is 0 Å². The summed E-state index contributed by atoms with van der Waals surface area (Å²) < 4.78 is 5.60. The van der Waals surface area contributed by atoms with Crippen molar-refractivity contribution in [3.05, 3.63) is 0 Å². The zero-order chi connectivity index (χ0) is 8.74. The van der Waals surface area contributed by atoms with Crippen molar-refractivity contribution in [3.8, 4) is 0 Å². The molecule has 0 aliphatic rings. The number of ether oxygens (including phenoxy) is 1. The zero-order valence-corrected chi connectivity index (χ0v) is 7.67. The SMILES string of the molecule is CC[N+](C)(CC)CCOC=O. The van der Waals surface area contributed by atoms with Crippen molar-refractivity contribution in [2.75, 3.05) is 33.3 Å². The van der Waals surface area contributed by atoms with E-state index in [0.29, 0.717) is 13.1 Å². The molecule has 3 heteroatoms. The number of carbonyl (C=O) groups is 1. The Bertz CT molecular complexity index is 111. The molecule has 3 nitrogen and oxygen atoms in total. The molecule has 66 valence electrons. The minimum atomic E-state index is 0.510. The van der Waals surface area contributed by atoms with E-state index in [9.17, 15) is 4.79 Å². The normalized spacial score (nSPS) is 11.2. The first-order valence-electron chi connectivity index (χ1n) is 4.07. The van der Waals surface area contributed by atoms with Crippen molar-refractivity contribution < 1.29 is 14.0 Å². The smallest absolute Gasteiger partial charge is 0.293 e. The highest BCUT2D eigenvalue weighted by atomic mass is 16.5. The molecule has 0 saturated carbocycles. The third-order valence-electron chi connectivity index (χ3n) is 2.34. The molecule has 0 heterocycles. The summed E-state index contributed by atoms with van der Waals surface area (Å²) in [6.45, 7) is 8.40. The van der Waals surface area contributed by atoms with Crippen LogP contribution in [0.5, 0.6) is 0 Å². The standard InChI is InChI=1S/C8H18NO2/c1-4-9(3,5-2)6-7-11-8-10/h8H,4-7H2,1-3H3/q+1. The molecule has 0 aliphatic heterocycles. The van der Waals surface area contributed by atoms with Crippen LogP contribution >= 0.6 is 0 Å². The van der Waals surface area contributed by atoms with Gasteiger partial charge in [-0.3, -0.25) is 4.79 Å². The molecular weight excluding hydrogens is 142 g/mol. The van der Waals surface area contributed by atoms with E-state index in [-0.39, 0.29) is 0 Å². The van der Waals surface area contributed by atoms with Gasteiger partial charge in [0.2, 0.25) is 0 Å². The average molecular weight is 160 g/mol. The fourth-order valence-corrected chi connectivity index (χ4v) is 0.861. The third-order valence-corrected chi connectivity index (χ3v) is 2.34. The lowest BCUT2D eigenvalue weighted by Gasteiger charge is -2.31. The van der Waals surface area contributed by atoms with Crippen LogP contribution in [-0.2, 0) is 9.53 Å². The molecular formula is C8H18NO2+. The second-order valence-corrected chi connectivity index (χ2v) is 2.94. The summed E-state index contributed by atoms with van der Waals surface area (Å²) in [5.74, 6) is 0. The van der Waals surface area contributed by atoms with E-state index in [4.69, 9.17) is 0 Å². The van der Waals surface area contributed by atoms with Crippen LogP contribution in [0.15, 0.2) is 0 Å². The van der Waals surface area contributed by atoms with Gasteiger partial charge in [0.15, 0.2) is 0 Å². The first-order valence-corrected chi connectivity index (χ1v) is 4.07. The summed E-state index contributed by atoms with van der Waals surface area (Å²) in [7, 11) is 2.16. The molecule has 0 radical (unpaired) electrons. The molecule has 0 saturated heterocycles. The van der Waals surface area contributed by atoms with E-state index >= 15 is 0 Å². The van der Waals surface area contributed by atoms with Gasteiger partial charge in [-0.05, 0) is 13.8 Å². The number of hydrogen-bond acceptors (Lipinski definition) is 2. The molecule has 11 heavy (non-hydrogen) atoms. The molecule has 0 aliphatic carbocycles. The number of rotatable bonds is 6. The van der Waals surface area contributed by atoms with Crippen LogP contribution in [0, 0.1) is 0 Å². The van der Waals surface area contributed by atoms with Crippen LogP contribution in [0.3, 0.4) is 0 Å². The molecule has 0 aromatic rings. The molecule has 0 unspecified atom stereocenters. The van der Waals surface area contributed by atoms with Gasteiger partial charge in [0.05, 0.1) is 20.1 Å². The summed E-state index contributed by atoms with van der Waals surface area (Å²) in [6.07, 6.45) is 0. The Labute approximate surface area is 68.5 Å². The van der Waals surface area contributed by atoms with Crippen molar-refractivity contribution in [1.29, 1.82) is 0 Å². The highest BCUT2D eigenvalue weighted by Gasteiger charge is 2.15. The Morgan fingerprint density at radius 2 is 1.91 bits per heavy atom. The molecule has 0 fully saturated rings. The molecule has 0 rings (SSSR count). The molecule has 0 N–H and O–H groups in total. The lowest BCUT2D eigenvalue weighted by Crippen LogP contribution is -2.45. The first kappa shape index (κ1) is 10.4. The zero-order valence-electron chi connectivity index (χ0n) is 7.67. The Morgan fingerprint density at radius 3 is 2.27 bits per heavy atom. The lowest BCUT2D eigenvalue weighted by atomic mass is 10.4. The Kier molecular flexibility index (Phi) is 4.86. The van der Waals surface area contributed by atoms with Crippen LogP contribution in [0.4, 0.5) is 0 Å². The van der Waals surface area contributed by atoms with Crippen molar-refractivity contribution in [2.24, 2.45) is 0 Å². The molecule has 0 bridgehead atoms. The minimum absolute atomic E-state index is 0.510. The summed E-state index contributed by atoms with van der Waals surface area (Å²) in [6, 6.07) is 0. The maximum atomic E-state index is 9.84. The molecule has 0 atom stereocenters. The van der Waals surface area contributed by atoms with Gasteiger partial charge in [-0.2, -0.15) is 0 Å². The van der Waals surface area contributed by atoms with Crippen molar-refractivity contribution >= 4 is 6.47 Å². The van der Waals surface area contributed by atoms with Gasteiger partial charge in [0.25, 0.3) is 6.47 Å². The van der Waals surface area contributed by atoms with E-state index < -0.39 is 0 Å². The highest BCUT2D eigenvalue weighted by Crippen LogP contribution is 1.99. The van der Waals surface area contributed by atoms with Crippen LogP contribution in [0.1, 0.15) is 13.8 Å². The maximum Gasteiger partial charge on any atom is 0.293 e. The maximum absolute atomic E-state index is 9.84. The van der Waals surface area contributed by atoms with Crippen LogP contribution < -0.4 is 0 Å². The van der Waals surface area contributed by atoms with E-state index in [1.807, 2.05) is 0 Å². The van der Waals surface area contributed by atoms with E-state index in [1.54, 1.807) is 0 Å². The van der Waals surface area contributed by atoms with Gasteiger partial charge in [-0.25, -0.2) is 0 Å². The monoisotopic (exact) mass is 160 g/mol. The average Bonchev–Trinajstić information content (AvgIpc) is 2.05. The number of carbonyl (C=O) groups excluding carboxylic acids is 1. The summed E-state index contributed by atoms with van der Waals surface area (Å²) >= 11 is 0. The van der Waals surface area contributed by atoms with Gasteiger partial charge in [-0.1, -0.05) is 0 Å². The fourth-order valence-electron chi connectivity index (χ4n) is 0.861. The van der Waals surface area contributed by atoms with Crippen molar-refractivity contribution in [2.45, 2.75) is 13.8 Å². The second kappa shape index (κ2) is 5.13. The van der Waals surface area contributed by atoms with Gasteiger partial charge < -0.3 is 9.22 Å². The van der Waals surface area contributed by atoms with Crippen LogP contribution in [0.2, 0.25) is 0 Å². The van der Waals surface area contributed by atoms with Gasteiger partial charge in [-0.15, -0.1) is 0 Å². The molecule has 0 aromatic carbocycles. The second-order valence-electron chi connectivity index (χ2n) is 2.94. The summed E-state index contributed by atoms with van der Waals surface area (Å²) in [5.41, 5.74) is 0. The van der Waals surface area contributed by atoms with Gasteiger partial charge >= 0.3 is 0 Å². The number of nitrogens with zero attached hydrogens (tertiary/aromatic N) is 1. The number of quaternary nitrogens is 1. The van der Waals surface area contributed by atoms with E-state index in [2.05, 4.69) is 25.6 Å². The van der Waals surface area contributed by atoms with Crippen LogP contribution in [0.25, 0.3) is 0 Å². The fraction of sp³-hybridized carbons (Fsp3) is 0.875. The quantitative estimate of drug-likeness (QED) is 0.324. The largest absolute Gasteiger partial charge is 0.462 e. The number of likely N-dealkylation sites (N-methyl/N-ethyl adjacent to an activating group) is 1. The summed E-state index contributed by atoms with van der Waals surface area (Å²) in [4.78, 5) is 9.84. The molecule has 0 aromatic heterocycles. The minimum Gasteiger partial charge on any atom is -0.462 e. The topological polar surface area (TPSA) is 26.3 Å². The van der Waals surface area contributed by atoms with E-state index in [1.165, 1.54) is 0 Å².